The van der Waals surface area contributed by atoms with Crippen LogP contribution in [0.25, 0.3) is 0 Å². The monoisotopic (exact) mass is 327 g/mol. The van der Waals surface area contributed by atoms with Crippen LogP contribution in [0, 0.1) is 10.1 Å². The quantitative estimate of drug-likeness (QED) is 0.450. The van der Waals surface area contributed by atoms with Gasteiger partial charge in [-0.05, 0) is 38.6 Å². The number of nitro groups is 1. The molecule has 1 rings (SSSR count). The van der Waals surface area contributed by atoms with Gasteiger partial charge in [0.15, 0.2) is 16.6 Å². The van der Waals surface area contributed by atoms with Crippen LogP contribution in [0.3, 0.4) is 0 Å². The Morgan fingerprint density at radius 3 is 2.41 bits per heavy atom. The average molecular weight is 327 g/mol. The lowest BCUT2D eigenvalue weighted by atomic mass is 10.1. The summed E-state index contributed by atoms with van der Waals surface area (Å²) in [6, 6.07) is 3.23. The third-order valence-corrected chi connectivity index (χ3v) is 3.14. The highest BCUT2D eigenvalue weighted by atomic mass is 32.1. The van der Waals surface area contributed by atoms with Crippen LogP contribution in [0.15, 0.2) is 12.1 Å². The van der Waals surface area contributed by atoms with Gasteiger partial charge in [0, 0.05) is 18.2 Å². The first-order valence-corrected chi connectivity index (χ1v) is 7.23. The van der Waals surface area contributed by atoms with E-state index in [1.165, 1.54) is 20.3 Å². The van der Waals surface area contributed by atoms with E-state index >= 15 is 0 Å². The number of methoxy groups -OCH3 is 2. The second-order valence-electron chi connectivity index (χ2n) is 4.90. The maximum Gasteiger partial charge on any atom is 0.276 e. The number of rotatable bonds is 7. The number of thiocarbonyl (C=S) groups is 1. The Morgan fingerprint density at radius 1 is 1.32 bits per heavy atom. The number of nitrogens with zero attached hydrogens (tertiary/aromatic N) is 1. The molecule has 0 saturated heterocycles. The molecule has 0 aromatic heterocycles. The summed E-state index contributed by atoms with van der Waals surface area (Å²) >= 11 is 5.12. The van der Waals surface area contributed by atoms with Crippen LogP contribution in [0.5, 0.6) is 11.5 Å². The second-order valence-corrected chi connectivity index (χ2v) is 5.31. The lowest BCUT2D eigenvalue weighted by Gasteiger charge is -2.14. The molecule has 0 aliphatic carbocycles. The maximum absolute atomic E-state index is 11.2. The minimum atomic E-state index is -0.429. The summed E-state index contributed by atoms with van der Waals surface area (Å²) in [5.41, 5.74) is 0.560. The van der Waals surface area contributed by atoms with Crippen LogP contribution in [0.4, 0.5) is 5.69 Å². The average Bonchev–Trinajstić information content (AvgIpc) is 2.45. The topological polar surface area (TPSA) is 85.7 Å². The van der Waals surface area contributed by atoms with Crippen molar-refractivity contribution in [3.63, 3.8) is 0 Å². The molecule has 0 aliphatic heterocycles. The molecule has 0 aliphatic rings. The smallest absolute Gasteiger partial charge is 0.276 e. The Balaban J connectivity index is 2.84. The minimum absolute atomic E-state index is 0.00203. The fraction of sp³-hybridized carbons (Fsp3) is 0.500. The summed E-state index contributed by atoms with van der Waals surface area (Å²) < 4.78 is 10.3. The van der Waals surface area contributed by atoms with Crippen LogP contribution in [-0.2, 0) is 6.42 Å². The zero-order valence-corrected chi connectivity index (χ0v) is 14.0. The SMILES string of the molecule is COc1cc(CCNC(=S)NC(C)C)c([N+](=O)[O-])cc1OC. The van der Waals surface area contributed by atoms with Gasteiger partial charge in [-0.2, -0.15) is 0 Å². The summed E-state index contributed by atoms with van der Waals surface area (Å²) in [7, 11) is 2.94. The number of nitrogens with one attached hydrogen (secondary N) is 2. The van der Waals surface area contributed by atoms with Gasteiger partial charge >= 0.3 is 0 Å². The van der Waals surface area contributed by atoms with Crippen LogP contribution in [-0.4, -0.2) is 36.8 Å². The van der Waals surface area contributed by atoms with Gasteiger partial charge in [0.1, 0.15) is 0 Å². The van der Waals surface area contributed by atoms with Crippen molar-refractivity contribution in [1.82, 2.24) is 10.6 Å². The van der Waals surface area contributed by atoms with Crippen molar-refractivity contribution in [3.8, 4) is 11.5 Å². The van der Waals surface area contributed by atoms with Gasteiger partial charge in [-0.1, -0.05) is 0 Å². The normalized spacial score (nSPS) is 10.2. The highest BCUT2D eigenvalue weighted by Crippen LogP contribution is 2.34. The molecular weight excluding hydrogens is 306 g/mol. The van der Waals surface area contributed by atoms with Crippen molar-refractivity contribution >= 4 is 23.0 Å². The van der Waals surface area contributed by atoms with Gasteiger partial charge < -0.3 is 20.1 Å². The first-order valence-electron chi connectivity index (χ1n) is 6.82. The number of hydrogen-bond acceptors (Lipinski definition) is 5. The molecular formula is C14H21N3O4S. The van der Waals surface area contributed by atoms with E-state index in [1.807, 2.05) is 13.8 Å². The zero-order chi connectivity index (χ0) is 16.7. The lowest BCUT2D eigenvalue weighted by molar-refractivity contribution is -0.385. The zero-order valence-electron chi connectivity index (χ0n) is 13.1. The maximum atomic E-state index is 11.2. The predicted octanol–water partition coefficient (Wildman–Crippen LogP) is 2.03. The largest absolute Gasteiger partial charge is 0.493 e. The van der Waals surface area contributed by atoms with E-state index in [0.717, 1.165) is 0 Å². The van der Waals surface area contributed by atoms with Crippen molar-refractivity contribution in [2.45, 2.75) is 26.3 Å². The number of hydrogen-bond donors (Lipinski definition) is 2. The van der Waals surface area contributed by atoms with E-state index < -0.39 is 4.92 Å². The molecule has 0 radical (unpaired) electrons. The molecule has 0 saturated carbocycles. The van der Waals surface area contributed by atoms with E-state index in [1.54, 1.807) is 6.07 Å². The van der Waals surface area contributed by atoms with Gasteiger partial charge in [-0.25, -0.2) is 0 Å². The van der Waals surface area contributed by atoms with E-state index in [2.05, 4.69) is 10.6 Å². The summed E-state index contributed by atoms with van der Waals surface area (Å²) in [4.78, 5) is 10.8. The minimum Gasteiger partial charge on any atom is -0.493 e. The van der Waals surface area contributed by atoms with Crippen LogP contribution in [0.1, 0.15) is 19.4 Å². The number of benzene rings is 1. The fourth-order valence-corrected chi connectivity index (χ4v) is 2.24. The summed E-state index contributed by atoms with van der Waals surface area (Å²) in [5, 5.41) is 17.8. The number of ether oxygens (including phenoxy) is 2. The molecule has 0 spiro atoms. The molecule has 7 nitrogen and oxygen atoms in total. The highest BCUT2D eigenvalue weighted by molar-refractivity contribution is 7.80. The van der Waals surface area contributed by atoms with E-state index in [9.17, 15) is 10.1 Å². The van der Waals surface area contributed by atoms with Gasteiger partial charge in [-0.3, -0.25) is 10.1 Å². The highest BCUT2D eigenvalue weighted by Gasteiger charge is 2.19. The number of nitro benzene ring substituents is 1. The Hall–Kier alpha value is -2.09. The third kappa shape index (κ3) is 5.03. The molecule has 8 heteroatoms. The summed E-state index contributed by atoms with van der Waals surface area (Å²) in [5.74, 6) is 0.800. The Kier molecular flexibility index (Phi) is 6.84. The van der Waals surface area contributed by atoms with Crippen LogP contribution < -0.4 is 20.1 Å². The molecule has 0 amide bonds. The van der Waals surface area contributed by atoms with Crippen molar-refractivity contribution < 1.29 is 14.4 Å². The predicted molar refractivity (Wildman–Crippen MR) is 88.8 cm³/mol. The van der Waals surface area contributed by atoms with Crippen LogP contribution in [0.2, 0.25) is 0 Å². The van der Waals surface area contributed by atoms with Gasteiger partial charge in [0.25, 0.3) is 5.69 Å². The van der Waals surface area contributed by atoms with E-state index in [-0.39, 0.29) is 11.7 Å². The van der Waals surface area contributed by atoms with Crippen LogP contribution >= 0.6 is 12.2 Å². The third-order valence-electron chi connectivity index (χ3n) is 2.88. The molecule has 2 N–H and O–H groups in total. The molecule has 0 unspecified atom stereocenters. The molecule has 122 valence electrons. The Bertz CT molecular complexity index is 549. The van der Waals surface area contributed by atoms with Gasteiger partial charge in [-0.15, -0.1) is 0 Å². The van der Waals surface area contributed by atoms with Crippen molar-refractivity contribution in [1.29, 1.82) is 0 Å². The standard InChI is InChI=1S/C14H21N3O4S/c1-9(2)16-14(22)15-6-5-10-7-12(20-3)13(21-4)8-11(10)17(18)19/h7-9H,5-6H2,1-4H3,(H2,15,16,22). The van der Waals surface area contributed by atoms with Gasteiger partial charge in [0.05, 0.1) is 25.2 Å². The molecule has 0 bridgehead atoms. The van der Waals surface area contributed by atoms with E-state index in [0.29, 0.717) is 35.1 Å². The molecule has 1 aromatic rings. The molecule has 0 heterocycles. The van der Waals surface area contributed by atoms with Crippen molar-refractivity contribution in [2.24, 2.45) is 0 Å². The van der Waals surface area contributed by atoms with Gasteiger partial charge in [0.2, 0.25) is 0 Å². The first kappa shape index (κ1) is 18.0. The summed E-state index contributed by atoms with van der Waals surface area (Å²) in [6.45, 7) is 4.44. The molecule has 1 aromatic carbocycles. The Morgan fingerprint density at radius 2 is 1.91 bits per heavy atom. The molecule has 0 fully saturated rings. The van der Waals surface area contributed by atoms with E-state index in [4.69, 9.17) is 21.7 Å². The summed E-state index contributed by atoms with van der Waals surface area (Å²) in [6.07, 6.45) is 0.441. The molecule has 22 heavy (non-hydrogen) atoms. The second kappa shape index (κ2) is 8.38. The molecule has 0 atom stereocenters. The Labute approximate surface area is 135 Å². The van der Waals surface area contributed by atoms with Crippen molar-refractivity contribution in [3.05, 3.63) is 27.8 Å². The fourth-order valence-electron chi connectivity index (χ4n) is 1.90. The van der Waals surface area contributed by atoms with Crippen molar-refractivity contribution in [2.75, 3.05) is 20.8 Å². The first-order chi connectivity index (χ1) is 10.4. The lowest BCUT2D eigenvalue weighted by Crippen LogP contribution is -2.40.